The van der Waals surface area contributed by atoms with Gasteiger partial charge in [-0.05, 0) is 63.3 Å². The minimum Gasteiger partial charge on any atom is -0.496 e. The standard InChI is InChI=1S/C20H22BrN3O3S/c1-20(2,3)24-18(26)13-7-5-6-8-15(13)22-19(28)23-17(25)14-11-12(21)9-10-16(14)27-4/h5-11H,1-4H3,(H,24,26)(H2,22,23,25,28). The molecule has 3 N–H and O–H groups in total. The summed E-state index contributed by atoms with van der Waals surface area (Å²) < 4.78 is 5.96. The van der Waals surface area contributed by atoms with Gasteiger partial charge in [-0.1, -0.05) is 28.1 Å². The minimum atomic E-state index is -0.424. The minimum absolute atomic E-state index is 0.0723. The molecule has 0 aromatic heterocycles. The Hall–Kier alpha value is -2.45. The van der Waals surface area contributed by atoms with E-state index in [1.54, 1.807) is 42.5 Å². The second-order valence-corrected chi connectivity index (χ2v) is 8.33. The van der Waals surface area contributed by atoms with Gasteiger partial charge in [0.2, 0.25) is 0 Å². The second-order valence-electron chi connectivity index (χ2n) is 7.00. The van der Waals surface area contributed by atoms with Gasteiger partial charge in [0.15, 0.2) is 5.11 Å². The number of hydrogen-bond donors (Lipinski definition) is 3. The Bertz CT molecular complexity index is 910. The van der Waals surface area contributed by atoms with Gasteiger partial charge in [0.1, 0.15) is 5.75 Å². The van der Waals surface area contributed by atoms with Crippen LogP contribution >= 0.6 is 28.1 Å². The van der Waals surface area contributed by atoms with E-state index >= 15 is 0 Å². The number of ether oxygens (including phenoxy) is 1. The van der Waals surface area contributed by atoms with Gasteiger partial charge in [-0.3, -0.25) is 14.9 Å². The number of para-hydroxylation sites is 1. The average Bonchev–Trinajstić information content (AvgIpc) is 2.60. The molecule has 6 nitrogen and oxygen atoms in total. The lowest BCUT2D eigenvalue weighted by Gasteiger charge is -2.22. The highest BCUT2D eigenvalue weighted by atomic mass is 79.9. The Kier molecular flexibility index (Phi) is 7.15. The van der Waals surface area contributed by atoms with Gasteiger partial charge in [0.25, 0.3) is 11.8 Å². The number of benzene rings is 2. The maximum atomic E-state index is 12.6. The molecule has 0 saturated heterocycles. The van der Waals surface area contributed by atoms with E-state index in [1.165, 1.54) is 7.11 Å². The number of halogens is 1. The molecule has 0 fully saturated rings. The summed E-state index contributed by atoms with van der Waals surface area (Å²) in [5.74, 6) is -0.237. The molecular formula is C20H22BrN3O3S. The first kappa shape index (κ1) is 21.8. The summed E-state index contributed by atoms with van der Waals surface area (Å²) >= 11 is 8.59. The monoisotopic (exact) mass is 463 g/mol. The number of carbonyl (C=O) groups is 2. The number of carbonyl (C=O) groups excluding carboxylic acids is 2. The topological polar surface area (TPSA) is 79.5 Å². The molecule has 0 aliphatic rings. The molecule has 0 atom stereocenters. The zero-order chi connectivity index (χ0) is 20.9. The van der Waals surface area contributed by atoms with Crippen LogP contribution in [0.1, 0.15) is 41.5 Å². The first-order valence-corrected chi connectivity index (χ1v) is 9.68. The third-order valence-electron chi connectivity index (χ3n) is 3.54. The molecule has 2 rings (SSSR count). The molecule has 0 spiro atoms. The summed E-state index contributed by atoms with van der Waals surface area (Å²) in [6, 6.07) is 12.0. The van der Waals surface area contributed by atoms with Crippen molar-refractivity contribution < 1.29 is 14.3 Å². The highest BCUT2D eigenvalue weighted by Gasteiger charge is 2.19. The summed E-state index contributed by atoms with van der Waals surface area (Å²) in [6.45, 7) is 5.70. The molecule has 0 bridgehead atoms. The predicted molar refractivity (Wildman–Crippen MR) is 118 cm³/mol. The lowest BCUT2D eigenvalue weighted by atomic mass is 10.1. The molecule has 2 aromatic rings. The molecule has 2 amide bonds. The van der Waals surface area contributed by atoms with Crippen LogP contribution in [0.2, 0.25) is 0 Å². The van der Waals surface area contributed by atoms with Gasteiger partial charge in [0.05, 0.1) is 23.9 Å². The van der Waals surface area contributed by atoms with Crippen LogP contribution in [0.25, 0.3) is 0 Å². The number of nitrogens with one attached hydrogen (secondary N) is 3. The fourth-order valence-electron chi connectivity index (χ4n) is 2.38. The zero-order valence-corrected chi connectivity index (χ0v) is 18.5. The maximum Gasteiger partial charge on any atom is 0.261 e. The molecule has 28 heavy (non-hydrogen) atoms. The second kappa shape index (κ2) is 9.16. The van der Waals surface area contributed by atoms with Crippen molar-refractivity contribution in [2.75, 3.05) is 12.4 Å². The molecule has 0 unspecified atom stereocenters. The Balaban J connectivity index is 2.15. The smallest absolute Gasteiger partial charge is 0.261 e. The fourth-order valence-corrected chi connectivity index (χ4v) is 2.94. The molecule has 0 heterocycles. The normalized spacial score (nSPS) is 10.8. The summed E-state index contributed by atoms with van der Waals surface area (Å²) in [6.07, 6.45) is 0. The Labute approximate surface area is 178 Å². The van der Waals surface area contributed by atoms with Gasteiger partial charge < -0.3 is 15.4 Å². The van der Waals surface area contributed by atoms with E-state index in [1.807, 2.05) is 20.8 Å². The molecular weight excluding hydrogens is 442 g/mol. The SMILES string of the molecule is COc1ccc(Br)cc1C(=O)NC(=S)Nc1ccccc1C(=O)NC(C)(C)C. The van der Waals surface area contributed by atoms with Crippen molar-refractivity contribution in [3.63, 3.8) is 0 Å². The first-order valence-electron chi connectivity index (χ1n) is 8.48. The van der Waals surface area contributed by atoms with Gasteiger partial charge >= 0.3 is 0 Å². The summed E-state index contributed by atoms with van der Waals surface area (Å²) in [4.78, 5) is 25.1. The van der Waals surface area contributed by atoms with Crippen LogP contribution in [0.3, 0.4) is 0 Å². The first-order chi connectivity index (χ1) is 13.1. The molecule has 148 valence electrons. The maximum absolute atomic E-state index is 12.6. The fraction of sp³-hybridized carbons (Fsp3) is 0.250. The van der Waals surface area contributed by atoms with E-state index in [-0.39, 0.29) is 16.6 Å². The van der Waals surface area contributed by atoms with Crippen LogP contribution in [0.5, 0.6) is 5.75 Å². The number of thiocarbonyl (C=S) groups is 1. The largest absolute Gasteiger partial charge is 0.496 e. The lowest BCUT2D eigenvalue weighted by molar-refractivity contribution is 0.0919. The number of rotatable bonds is 4. The summed E-state index contributed by atoms with van der Waals surface area (Å²) in [5.41, 5.74) is 0.875. The van der Waals surface area contributed by atoms with E-state index in [0.29, 0.717) is 22.6 Å². The Morgan fingerprint density at radius 3 is 2.36 bits per heavy atom. The number of anilines is 1. The molecule has 0 aliphatic carbocycles. The number of methoxy groups -OCH3 is 1. The van der Waals surface area contributed by atoms with Crippen LogP contribution < -0.4 is 20.7 Å². The van der Waals surface area contributed by atoms with E-state index < -0.39 is 5.91 Å². The Morgan fingerprint density at radius 2 is 1.71 bits per heavy atom. The van der Waals surface area contributed by atoms with E-state index in [9.17, 15) is 9.59 Å². The van der Waals surface area contributed by atoms with Crippen LogP contribution in [0, 0.1) is 0 Å². The van der Waals surface area contributed by atoms with Crippen molar-refractivity contribution >= 4 is 50.8 Å². The van der Waals surface area contributed by atoms with Crippen molar-refractivity contribution in [3.8, 4) is 5.75 Å². The number of hydrogen-bond acceptors (Lipinski definition) is 4. The molecule has 2 aromatic carbocycles. The van der Waals surface area contributed by atoms with E-state index in [2.05, 4.69) is 31.9 Å². The molecule has 0 saturated carbocycles. The summed E-state index contributed by atoms with van der Waals surface area (Å²) in [5, 5.41) is 8.50. The van der Waals surface area contributed by atoms with Gasteiger partial charge in [-0.25, -0.2) is 0 Å². The molecule has 0 radical (unpaired) electrons. The van der Waals surface area contributed by atoms with Crippen LogP contribution in [0.4, 0.5) is 5.69 Å². The molecule has 0 aliphatic heterocycles. The van der Waals surface area contributed by atoms with E-state index in [4.69, 9.17) is 17.0 Å². The van der Waals surface area contributed by atoms with Crippen molar-refractivity contribution in [3.05, 3.63) is 58.1 Å². The van der Waals surface area contributed by atoms with Gasteiger partial charge in [0, 0.05) is 10.0 Å². The van der Waals surface area contributed by atoms with Gasteiger partial charge in [-0.2, -0.15) is 0 Å². The average molecular weight is 464 g/mol. The number of amides is 2. The van der Waals surface area contributed by atoms with Crippen molar-refractivity contribution in [2.24, 2.45) is 0 Å². The zero-order valence-electron chi connectivity index (χ0n) is 16.1. The van der Waals surface area contributed by atoms with Crippen molar-refractivity contribution in [2.45, 2.75) is 26.3 Å². The third-order valence-corrected chi connectivity index (χ3v) is 4.24. The van der Waals surface area contributed by atoms with Crippen LogP contribution in [0.15, 0.2) is 46.9 Å². The predicted octanol–water partition coefficient (Wildman–Crippen LogP) is 4.11. The van der Waals surface area contributed by atoms with Crippen LogP contribution in [-0.4, -0.2) is 29.6 Å². The third kappa shape index (κ3) is 6.03. The highest BCUT2D eigenvalue weighted by Crippen LogP contribution is 2.23. The Morgan fingerprint density at radius 1 is 1.04 bits per heavy atom. The molecule has 8 heteroatoms. The van der Waals surface area contributed by atoms with Gasteiger partial charge in [-0.15, -0.1) is 0 Å². The highest BCUT2D eigenvalue weighted by molar-refractivity contribution is 9.10. The van der Waals surface area contributed by atoms with Crippen molar-refractivity contribution in [1.29, 1.82) is 0 Å². The summed E-state index contributed by atoms with van der Waals surface area (Å²) in [7, 11) is 1.49. The van der Waals surface area contributed by atoms with Crippen LogP contribution in [-0.2, 0) is 0 Å². The van der Waals surface area contributed by atoms with E-state index in [0.717, 1.165) is 4.47 Å². The lowest BCUT2D eigenvalue weighted by Crippen LogP contribution is -2.41. The van der Waals surface area contributed by atoms with Crippen molar-refractivity contribution in [1.82, 2.24) is 10.6 Å². The quantitative estimate of drug-likeness (QED) is 0.594.